The minimum atomic E-state index is -1.02. The zero-order valence-corrected chi connectivity index (χ0v) is 15.1. The summed E-state index contributed by atoms with van der Waals surface area (Å²) in [6.07, 6.45) is 1.08. The maximum Gasteiger partial charge on any atom is 0.316 e. The lowest BCUT2D eigenvalue weighted by Gasteiger charge is -2.24. The van der Waals surface area contributed by atoms with E-state index in [1.165, 1.54) is 5.56 Å². The first-order valence-corrected chi connectivity index (χ1v) is 9.54. The Balaban J connectivity index is 1.78. The highest BCUT2D eigenvalue weighted by Gasteiger charge is 2.53. The van der Waals surface area contributed by atoms with Crippen molar-refractivity contribution in [1.29, 1.82) is 0 Å². The lowest BCUT2D eigenvalue weighted by atomic mass is 10.0. The van der Waals surface area contributed by atoms with Crippen molar-refractivity contribution >= 4 is 34.2 Å². The molecule has 1 atom stereocenters. The summed E-state index contributed by atoms with van der Waals surface area (Å²) in [7, 11) is 0. The van der Waals surface area contributed by atoms with Gasteiger partial charge in [0.05, 0.1) is 6.54 Å². The fourth-order valence-electron chi connectivity index (χ4n) is 3.39. The van der Waals surface area contributed by atoms with E-state index in [1.54, 1.807) is 0 Å². The van der Waals surface area contributed by atoms with Gasteiger partial charge in [-0.15, -0.1) is 0 Å². The zero-order chi connectivity index (χ0) is 16.7. The summed E-state index contributed by atoms with van der Waals surface area (Å²) < 4.78 is 2.14. The Hall–Kier alpha value is -1.49. The number of rotatable bonds is 2. The predicted octanol–water partition coefficient (Wildman–Crippen LogP) is 3.82. The van der Waals surface area contributed by atoms with E-state index in [4.69, 9.17) is 11.6 Å². The molecule has 124 valence electrons. The second kappa shape index (κ2) is 6.10. The molecular weight excluding hydrogens is 340 g/mol. The van der Waals surface area contributed by atoms with Gasteiger partial charge in [-0.1, -0.05) is 41.4 Å². The maximum absolute atomic E-state index is 11.5. The highest BCUT2D eigenvalue weighted by molar-refractivity contribution is 8.13. The van der Waals surface area contributed by atoms with Crippen LogP contribution in [0.15, 0.2) is 48.5 Å². The van der Waals surface area contributed by atoms with Crippen LogP contribution in [0.25, 0.3) is 0 Å². The van der Waals surface area contributed by atoms with E-state index in [1.807, 2.05) is 36.0 Å². The smallest absolute Gasteiger partial charge is 0.316 e. The number of thioether (sulfide) groups is 1. The molecule has 0 saturated carbocycles. The Bertz CT molecular complexity index is 788. The van der Waals surface area contributed by atoms with Crippen LogP contribution in [0.2, 0.25) is 5.02 Å². The second-order valence-electron chi connectivity index (χ2n) is 6.38. The summed E-state index contributed by atoms with van der Waals surface area (Å²) in [6, 6.07) is 16.0. The zero-order valence-electron chi connectivity index (χ0n) is 13.6. The maximum atomic E-state index is 11.5. The molecule has 2 heterocycles. The quantitative estimate of drug-likeness (QED) is 0.826. The average molecular weight is 360 g/mol. The number of benzene rings is 2. The normalized spacial score (nSPS) is 23.5. The first-order valence-electron chi connectivity index (χ1n) is 8.18. The third-order valence-corrected chi connectivity index (χ3v) is 6.14. The van der Waals surface area contributed by atoms with Gasteiger partial charge in [0.1, 0.15) is 5.69 Å². The van der Waals surface area contributed by atoms with Crippen LogP contribution in [-0.4, -0.2) is 33.7 Å². The number of hydrogen-bond acceptors (Lipinski definition) is 3. The molecule has 3 nitrogen and oxygen atoms in total. The molecule has 2 aliphatic heterocycles. The number of amidine groups is 1. The van der Waals surface area contributed by atoms with Crippen LogP contribution in [0.1, 0.15) is 17.5 Å². The topological polar surface area (TPSA) is 26.5 Å². The van der Waals surface area contributed by atoms with Gasteiger partial charge >= 0.3 is 5.17 Å². The molecule has 0 amide bonds. The summed E-state index contributed by atoms with van der Waals surface area (Å²) in [5.74, 6) is 1.09. The lowest BCUT2D eigenvalue weighted by molar-refractivity contribution is -0.656. The summed E-state index contributed by atoms with van der Waals surface area (Å²) in [6.45, 7) is 3.48. The van der Waals surface area contributed by atoms with Crippen LogP contribution >= 0.6 is 23.4 Å². The van der Waals surface area contributed by atoms with Crippen molar-refractivity contribution in [3.8, 4) is 0 Å². The third-order valence-electron chi connectivity index (χ3n) is 4.70. The molecule has 1 N–H and O–H groups in total. The van der Waals surface area contributed by atoms with E-state index in [0.717, 1.165) is 35.1 Å². The minimum absolute atomic E-state index is 0.528. The van der Waals surface area contributed by atoms with Crippen molar-refractivity contribution in [3.05, 3.63) is 64.7 Å². The van der Waals surface area contributed by atoms with Crippen LogP contribution in [0.4, 0.5) is 5.69 Å². The molecule has 0 unspecified atom stereocenters. The van der Waals surface area contributed by atoms with Crippen LogP contribution in [0.5, 0.6) is 0 Å². The van der Waals surface area contributed by atoms with E-state index in [9.17, 15) is 5.11 Å². The number of halogens is 1. The second-order valence-corrected chi connectivity index (χ2v) is 7.88. The van der Waals surface area contributed by atoms with Crippen LogP contribution in [-0.2, 0) is 5.72 Å². The van der Waals surface area contributed by atoms with Crippen LogP contribution < -0.4 is 4.90 Å². The van der Waals surface area contributed by atoms with Crippen molar-refractivity contribution < 1.29 is 9.68 Å². The van der Waals surface area contributed by atoms with Gasteiger partial charge < -0.3 is 5.11 Å². The average Bonchev–Trinajstić information content (AvgIpc) is 2.91. The van der Waals surface area contributed by atoms with Crippen LogP contribution in [0.3, 0.4) is 0 Å². The Morgan fingerprint density at radius 3 is 2.54 bits per heavy atom. The Morgan fingerprint density at radius 2 is 1.83 bits per heavy atom. The molecule has 0 aliphatic carbocycles. The van der Waals surface area contributed by atoms with E-state index in [2.05, 4.69) is 40.7 Å². The molecule has 0 radical (unpaired) electrons. The number of hydrogen-bond donors (Lipinski definition) is 1. The highest BCUT2D eigenvalue weighted by atomic mass is 35.5. The van der Waals surface area contributed by atoms with Crippen LogP contribution in [0, 0.1) is 6.92 Å². The minimum Gasteiger partial charge on any atom is -0.346 e. The summed E-state index contributed by atoms with van der Waals surface area (Å²) >= 11 is 7.85. The van der Waals surface area contributed by atoms with Crippen molar-refractivity contribution in [3.63, 3.8) is 0 Å². The van der Waals surface area contributed by atoms with Crippen molar-refractivity contribution in [1.82, 2.24) is 0 Å². The molecule has 0 spiro atoms. The summed E-state index contributed by atoms with van der Waals surface area (Å²) in [4.78, 5) is 2.23. The van der Waals surface area contributed by atoms with Crippen molar-refractivity contribution in [2.45, 2.75) is 19.1 Å². The molecule has 2 aromatic carbocycles. The van der Waals surface area contributed by atoms with Crippen molar-refractivity contribution in [2.75, 3.05) is 23.7 Å². The Labute approximate surface area is 151 Å². The number of anilines is 1. The number of aliphatic hydroxyl groups is 1. The molecule has 0 saturated heterocycles. The molecule has 0 bridgehead atoms. The van der Waals surface area contributed by atoms with E-state index in [0.29, 0.717) is 11.6 Å². The molecular formula is C19H20ClN2OS+. The van der Waals surface area contributed by atoms with Gasteiger partial charge in [0, 0.05) is 16.3 Å². The monoisotopic (exact) mass is 359 g/mol. The lowest BCUT2D eigenvalue weighted by Crippen LogP contribution is -2.41. The molecule has 2 aliphatic rings. The van der Waals surface area contributed by atoms with Crippen molar-refractivity contribution in [2.24, 2.45) is 0 Å². The SMILES string of the molecule is Cc1ccc(N2C[C@@](O)(c3ccc(Cl)cc3)[N+]3=C2SCCC3)cc1. The van der Waals surface area contributed by atoms with E-state index >= 15 is 0 Å². The molecule has 24 heavy (non-hydrogen) atoms. The first kappa shape index (κ1) is 16.0. The predicted molar refractivity (Wildman–Crippen MR) is 101 cm³/mol. The third kappa shape index (κ3) is 2.63. The first-order chi connectivity index (χ1) is 11.6. The number of nitrogens with zero attached hydrogens (tertiary/aromatic N) is 2. The Kier molecular flexibility index (Phi) is 4.07. The molecule has 4 rings (SSSR count). The van der Waals surface area contributed by atoms with Gasteiger partial charge in [-0.05, 0) is 49.4 Å². The Morgan fingerprint density at radius 1 is 1.12 bits per heavy atom. The molecule has 0 fully saturated rings. The fraction of sp³-hybridized carbons (Fsp3) is 0.316. The van der Waals surface area contributed by atoms with Gasteiger partial charge in [-0.3, -0.25) is 0 Å². The van der Waals surface area contributed by atoms with Gasteiger partial charge in [0.25, 0.3) is 5.72 Å². The standard InChI is InChI=1S/C19H20ClN2OS/c1-14-3-9-17(10-4-14)21-13-19(23,15-5-7-16(20)8-6-15)22-11-2-12-24-18(21)22/h3-10,23H,2,11-13H2,1H3/q+1/t19-/m1/s1. The van der Waals surface area contributed by atoms with Gasteiger partial charge in [-0.25, -0.2) is 9.48 Å². The largest absolute Gasteiger partial charge is 0.346 e. The summed E-state index contributed by atoms with van der Waals surface area (Å²) in [5.41, 5.74) is 2.24. The number of aryl methyl sites for hydroxylation is 1. The van der Waals surface area contributed by atoms with Gasteiger partial charge in [0.15, 0.2) is 6.54 Å². The number of β-amino-alcohol motifs (C(OH)–C–C–N with tert-alkyl or cyclic N) is 1. The molecule has 0 aromatic heterocycles. The molecule has 5 heteroatoms. The van der Waals surface area contributed by atoms with E-state index < -0.39 is 5.72 Å². The van der Waals surface area contributed by atoms with E-state index in [-0.39, 0.29) is 0 Å². The highest BCUT2D eigenvalue weighted by Crippen LogP contribution is 2.37. The van der Waals surface area contributed by atoms with Gasteiger partial charge in [0.2, 0.25) is 0 Å². The molecule has 2 aromatic rings. The fourth-order valence-corrected chi connectivity index (χ4v) is 4.70. The summed E-state index contributed by atoms with van der Waals surface area (Å²) in [5, 5.41) is 13.4. The van der Waals surface area contributed by atoms with Gasteiger partial charge in [-0.2, -0.15) is 0 Å².